The summed E-state index contributed by atoms with van der Waals surface area (Å²) in [7, 11) is -3.71. The molecule has 94 valence electrons. The van der Waals surface area contributed by atoms with E-state index in [-0.39, 0.29) is 5.75 Å². The molecule has 0 saturated carbocycles. The van der Waals surface area contributed by atoms with Gasteiger partial charge in [0, 0.05) is 0 Å². The minimum absolute atomic E-state index is 0.183. The maximum absolute atomic E-state index is 11.6. The van der Waals surface area contributed by atoms with Crippen molar-refractivity contribution in [1.29, 1.82) is 0 Å². The maximum Gasteiger partial charge on any atom is 0.343 e. The lowest BCUT2D eigenvalue weighted by Gasteiger charge is -2.02. The van der Waals surface area contributed by atoms with Crippen molar-refractivity contribution in [2.75, 3.05) is 5.75 Å². The molecule has 1 aromatic rings. The fraction of sp³-hybridized carbons (Fsp3) is 0.429. The predicted octanol–water partition coefficient (Wildman–Crippen LogP) is 1.88. The van der Waals surface area contributed by atoms with E-state index in [1.807, 2.05) is 0 Å². The van der Waals surface area contributed by atoms with Gasteiger partial charge < -0.3 is 0 Å². The molecule has 0 spiro atoms. The second-order valence-corrected chi connectivity index (χ2v) is 5.73. The fourth-order valence-corrected chi connectivity index (χ4v) is 2.84. The third kappa shape index (κ3) is 3.02. The molecular formula is C7H7Cl2N3O4S. The normalized spacial score (nSPS) is 11.5. The molecule has 0 atom stereocenters. The molecule has 0 N–H and O–H groups in total. The lowest BCUT2D eigenvalue weighted by Crippen LogP contribution is -2.11. The van der Waals surface area contributed by atoms with Gasteiger partial charge in [-0.05, 0) is 6.42 Å². The van der Waals surface area contributed by atoms with E-state index in [1.54, 1.807) is 6.92 Å². The highest BCUT2D eigenvalue weighted by atomic mass is 35.5. The van der Waals surface area contributed by atoms with Crippen molar-refractivity contribution >= 4 is 38.7 Å². The molecule has 0 aliphatic carbocycles. The summed E-state index contributed by atoms with van der Waals surface area (Å²) in [6, 6.07) is 0. The number of rotatable bonds is 4. The molecule has 0 unspecified atom stereocenters. The number of hydrogen-bond acceptors (Lipinski definition) is 6. The van der Waals surface area contributed by atoms with Crippen LogP contribution in [-0.2, 0) is 9.84 Å². The van der Waals surface area contributed by atoms with Crippen LogP contribution in [0.2, 0.25) is 10.3 Å². The summed E-state index contributed by atoms with van der Waals surface area (Å²) in [5.41, 5.74) is -0.705. The van der Waals surface area contributed by atoms with Crippen LogP contribution in [0.3, 0.4) is 0 Å². The van der Waals surface area contributed by atoms with Crippen molar-refractivity contribution in [2.45, 2.75) is 18.5 Å². The third-order valence-corrected chi connectivity index (χ3v) is 3.92. The zero-order valence-corrected chi connectivity index (χ0v) is 10.9. The van der Waals surface area contributed by atoms with E-state index in [4.69, 9.17) is 23.2 Å². The topological polar surface area (TPSA) is 103 Å². The van der Waals surface area contributed by atoms with E-state index in [1.165, 1.54) is 0 Å². The summed E-state index contributed by atoms with van der Waals surface area (Å²) in [6.45, 7) is 1.66. The Bertz CT molecular complexity index is 537. The average Bonchev–Trinajstić information content (AvgIpc) is 2.15. The Morgan fingerprint density at radius 3 is 2.12 bits per heavy atom. The van der Waals surface area contributed by atoms with E-state index in [9.17, 15) is 18.5 Å². The first kappa shape index (κ1) is 14.1. The second-order valence-electron chi connectivity index (χ2n) is 3.01. The van der Waals surface area contributed by atoms with E-state index in [0.29, 0.717) is 6.42 Å². The first-order valence-corrected chi connectivity index (χ1v) is 6.80. The number of hydrogen-bond donors (Lipinski definition) is 0. The van der Waals surface area contributed by atoms with Crippen LogP contribution < -0.4 is 0 Å². The van der Waals surface area contributed by atoms with Gasteiger partial charge in [0.15, 0.2) is 0 Å². The zero-order chi connectivity index (χ0) is 13.2. The molecule has 10 heteroatoms. The Hall–Kier alpha value is -0.990. The molecule has 17 heavy (non-hydrogen) atoms. The van der Waals surface area contributed by atoms with Crippen LogP contribution in [-0.4, -0.2) is 29.1 Å². The van der Waals surface area contributed by atoms with Crippen molar-refractivity contribution in [2.24, 2.45) is 0 Å². The van der Waals surface area contributed by atoms with E-state index in [0.717, 1.165) is 0 Å². The molecule has 1 rings (SSSR count). The highest BCUT2D eigenvalue weighted by Gasteiger charge is 2.26. The highest BCUT2D eigenvalue weighted by Crippen LogP contribution is 2.30. The molecule has 0 fully saturated rings. The lowest BCUT2D eigenvalue weighted by molar-refractivity contribution is -0.385. The Morgan fingerprint density at radius 2 is 1.76 bits per heavy atom. The smallest absolute Gasteiger partial charge is 0.258 e. The number of nitrogens with zero attached hydrogens (tertiary/aromatic N) is 3. The van der Waals surface area contributed by atoms with Crippen LogP contribution in [0.4, 0.5) is 5.69 Å². The number of sulfone groups is 1. The fourth-order valence-electron chi connectivity index (χ4n) is 1.03. The Morgan fingerprint density at radius 1 is 1.29 bits per heavy atom. The zero-order valence-electron chi connectivity index (χ0n) is 8.55. The summed E-state index contributed by atoms with van der Waals surface area (Å²) in [6.07, 6.45) is 0.359. The van der Waals surface area contributed by atoms with Gasteiger partial charge in [0.25, 0.3) is 0 Å². The minimum Gasteiger partial charge on any atom is -0.258 e. The average molecular weight is 300 g/mol. The van der Waals surface area contributed by atoms with Gasteiger partial charge in [-0.3, -0.25) is 10.1 Å². The first-order chi connectivity index (χ1) is 7.79. The van der Waals surface area contributed by atoms with Crippen molar-refractivity contribution in [3.05, 3.63) is 20.4 Å². The molecule has 0 bridgehead atoms. The van der Waals surface area contributed by atoms with Crippen LogP contribution in [0, 0.1) is 10.1 Å². The summed E-state index contributed by atoms with van der Waals surface area (Å²) >= 11 is 11.0. The molecule has 0 aliphatic heterocycles. The van der Waals surface area contributed by atoms with Crippen LogP contribution in [0.25, 0.3) is 0 Å². The lowest BCUT2D eigenvalue weighted by atomic mass is 10.5. The Kier molecular flexibility index (Phi) is 4.23. The molecular weight excluding hydrogens is 293 g/mol. The number of nitro groups is 1. The van der Waals surface area contributed by atoms with Gasteiger partial charge in [0.2, 0.25) is 25.3 Å². The van der Waals surface area contributed by atoms with Gasteiger partial charge >= 0.3 is 5.69 Å². The van der Waals surface area contributed by atoms with Crippen molar-refractivity contribution in [3.8, 4) is 0 Å². The summed E-state index contributed by atoms with van der Waals surface area (Å²) < 4.78 is 23.2. The van der Waals surface area contributed by atoms with E-state index >= 15 is 0 Å². The SMILES string of the molecule is CCCS(=O)(=O)c1nc(Cl)c([N+](=O)[O-])c(Cl)n1. The summed E-state index contributed by atoms with van der Waals surface area (Å²) in [5.74, 6) is -0.183. The number of halogens is 2. The van der Waals surface area contributed by atoms with Gasteiger partial charge in [-0.15, -0.1) is 0 Å². The molecule has 7 nitrogen and oxygen atoms in total. The van der Waals surface area contributed by atoms with Crippen LogP contribution >= 0.6 is 23.2 Å². The summed E-state index contributed by atoms with van der Waals surface area (Å²) in [5, 5.41) is 8.75. The van der Waals surface area contributed by atoms with Crippen molar-refractivity contribution in [1.82, 2.24) is 9.97 Å². The van der Waals surface area contributed by atoms with Gasteiger partial charge in [-0.1, -0.05) is 30.1 Å². The second kappa shape index (κ2) is 5.11. The molecule has 1 aromatic heterocycles. The third-order valence-electron chi connectivity index (χ3n) is 1.71. The van der Waals surface area contributed by atoms with Crippen molar-refractivity contribution in [3.63, 3.8) is 0 Å². The standard InChI is InChI=1S/C7H7Cl2N3O4S/c1-2-3-17(15,16)7-10-5(8)4(12(13)14)6(9)11-7/h2-3H2,1H3. The molecule has 0 saturated heterocycles. The quantitative estimate of drug-likeness (QED) is 0.364. The van der Waals surface area contributed by atoms with Gasteiger partial charge in [0.1, 0.15) is 0 Å². The largest absolute Gasteiger partial charge is 0.343 e. The van der Waals surface area contributed by atoms with Crippen LogP contribution in [0.15, 0.2) is 5.16 Å². The van der Waals surface area contributed by atoms with Crippen LogP contribution in [0.1, 0.15) is 13.3 Å². The summed E-state index contributed by atoms with van der Waals surface area (Å²) in [4.78, 5) is 16.4. The molecule has 0 radical (unpaired) electrons. The molecule has 1 heterocycles. The molecule has 0 aliphatic rings. The first-order valence-electron chi connectivity index (χ1n) is 4.39. The van der Waals surface area contributed by atoms with Crippen LogP contribution in [0.5, 0.6) is 0 Å². The molecule has 0 amide bonds. The highest BCUT2D eigenvalue weighted by molar-refractivity contribution is 7.91. The minimum atomic E-state index is -3.71. The van der Waals surface area contributed by atoms with Gasteiger partial charge in [-0.2, -0.15) is 9.97 Å². The van der Waals surface area contributed by atoms with Gasteiger partial charge in [0.05, 0.1) is 10.7 Å². The monoisotopic (exact) mass is 299 g/mol. The Balaban J connectivity index is 3.38. The van der Waals surface area contributed by atoms with E-state index < -0.39 is 35.9 Å². The predicted molar refractivity (Wildman–Crippen MR) is 61.1 cm³/mol. The maximum atomic E-state index is 11.6. The molecule has 0 aromatic carbocycles. The Labute approximate surface area is 107 Å². The number of aromatic nitrogens is 2. The van der Waals surface area contributed by atoms with E-state index in [2.05, 4.69) is 9.97 Å². The van der Waals surface area contributed by atoms with Crippen molar-refractivity contribution < 1.29 is 13.3 Å². The van der Waals surface area contributed by atoms with Gasteiger partial charge in [-0.25, -0.2) is 8.42 Å².